The Morgan fingerprint density at radius 3 is 2.87 bits per heavy atom. The number of amides is 1. The maximum atomic E-state index is 11.8. The normalized spacial score (nSPS) is 25.7. The summed E-state index contributed by atoms with van der Waals surface area (Å²) in [5, 5.41) is 3.08. The molecule has 4 heteroatoms. The molecule has 0 aromatic heterocycles. The lowest BCUT2D eigenvalue weighted by molar-refractivity contribution is -0.129. The van der Waals surface area contributed by atoms with Crippen molar-refractivity contribution >= 4 is 17.5 Å². The fourth-order valence-electron chi connectivity index (χ4n) is 1.85. The van der Waals surface area contributed by atoms with Crippen LogP contribution < -0.4 is 5.32 Å². The quantitative estimate of drug-likeness (QED) is 0.754. The van der Waals surface area contributed by atoms with Gasteiger partial charge in [-0.25, -0.2) is 0 Å². The van der Waals surface area contributed by atoms with E-state index in [0.717, 1.165) is 25.9 Å². The Bertz CT molecular complexity index is 203. The van der Waals surface area contributed by atoms with E-state index in [4.69, 9.17) is 16.3 Å². The minimum Gasteiger partial charge on any atom is -0.381 e. The van der Waals surface area contributed by atoms with Crippen LogP contribution in [-0.2, 0) is 9.53 Å². The zero-order valence-corrected chi connectivity index (χ0v) is 10.2. The summed E-state index contributed by atoms with van der Waals surface area (Å²) in [4.78, 5) is 11.8. The molecule has 1 N–H and O–H groups in total. The third-order valence-electron chi connectivity index (χ3n) is 2.60. The molecule has 88 valence electrons. The van der Waals surface area contributed by atoms with E-state index < -0.39 is 0 Å². The van der Waals surface area contributed by atoms with Crippen molar-refractivity contribution < 1.29 is 9.53 Å². The van der Waals surface area contributed by atoms with Crippen molar-refractivity contribution in [3.63, 3.8) is 0 Å². The number of nitrogens with one attached hydrogen (secondary N) is 1. The van der Waals surface area contributed by atoms with Crippen LogP contribution in [0.5, 0.6) is 0 Å². The first-order valence-electron chi connectivity index (χ1n) is 5.61. The minimum atomic E-state index is 0.0341. The fraction of sp³-hybridized carbons (Fsp3) is 0.909. The molecule has 3 nitrogen and oxygen atoms in total. The molecule has 1 aliphatic heterocycles. The van der Waals surface area contributed by atoms with Crippen LogP contribution in [0, 0.1) is 5.92 Å². The first-order valence-corrected chi connectivity index (χ1v) is 6.05. The molecule has 0 aliphatic carbocycles. The molecule has 3 unspecified atom stereocenters. The lowest BCUT2D eigenvalue weighted by Gasteiger charge is -2.23. The topological polar surface area (TPSA) is 38.3 Å². The van der Waals surface area contributed by atoms with Gasteiger partial charge in [0.15, 0.2) is 0 Å². The van der Waals surface area contributed by atoms with Crippen LogP contribution in [0.2, 0.25) is 0 Å². The summed E-state index contributed by atoms with van der Waals surface area (Å²) in [6.07, 6.45) is 2.73. The van der Waals surface area contributed by atoms with E-state index >= 15 is 0 Å². The van der Waals surface area contributed by atoms with Gasteiger partial charge in [0, 0.05) is 18.0 Å². The van der Waals surface area contributed by atoms with Crippen LogP contribution in [0.1, 0.15) is 33.1 Å². The predicted molar refractivity (Wildman–Crippen MR) is 61.1 cm³/mol. The number of rotatable bonds is 4. The molecule has 1 heterocycles. The highest BCUT2D eigenvalue weighted by Crippen LogP contribution is 2.14. The molecule has 0 spiro atoms. The average molecular weight is 234 g/mol. The lowest BCUT2D eigenvalue weighted by Crippen LogP contribution is -2.41. The highest BCUT2D eigenvalue weighted by molar-refractivity contribution is 6.20. The maximum Gasteiger partial charge on any atom is 0.225 e. The smallest absolute Gasteiger partial charge is 0.225 e. The van der Waals surface area contributed by atoms with Gasteiger partial charge in [-0.3, -0.25) is 4.79 Å². The summed E-state index contributed by atoms with van der Waals surface area (Å²) >= 11 is 5.87. The van der Waals surface area contributed by atoms with Crippen LogP contribution in [-0.4, -0.2) is 30.5 Å². The van der Waals surface area contributed by atoms with Gasteiger partial charge in [0.25, 0.3) is 0 Å². The van der Waals surface area contributed by atoms with Crippen LogP contribution in [0.3, 0.4) is 0 Å². The van der Waals surface area contributed by atoms with Crippen LogP contribution in [0.25, 0.3) is 0 Å². The van der Waals surface area contributed by atoms with Crippen molar-refractivity contribution in [3.05, 3.63) is 0 Å². The van der Waals surface area contributed by atoms with Crippen LogP contribution >= 0.6 is 11.6 Å². The standard InChI is InChI=1S/C11H20ClNO2/c1-8(12)6-9(2)13-11(14)10-4-3-5-15-7-10/h8-10H,3-7H2,1-2H3,(H,13,14). The number of alkyl halides is 1. The number of hydrogen-bond acceptors (Lipinski definition) is 2. The Kier molecular flexibility index (Phi) is 5.40. The second-order valence-electron chi connectivity index (χ2n) is 4.34. The summed E-state index contributed by atoms with van der Waals surface area (Å²) in [7, 11) is 0. The van der Waals surface area contributed by atoms with Gasteiger partial charge in [-0.15, -0.1) is 11.6 Å². The number of hydrogen-bond donors (Lipinski definition) is 1. The van der Waals surface area contributed by atoms with E-state index in [2.05, 4.69) is 5.32 Å². The van der Waals surface area contributed by atoms with Gasteiger partial charge in [0.1, 0.15) is 0 Å². The van der Waals surface area contributed by atoms with Crippen molar-refractivity contribution in [2.45, 2.75) is 44.5 Å². The third kappa shape index (κ3) is 4.85. The first kappa shape index (κ1) is 12.8. The number of carbonyl (C=O) groups excluding carboxylic acids is 1. The summed E-state index contributed by atoms with van der Waals surface area (Å²) in [5.41, 5.74) is 0. The molecule has 15 heavy (non-hydrogen) atoms. The summed E-state index contributed by atoms with van der Waals surface area (Å²) in [5.74, 6) is 0.145. The Labute approximate surface area is 96.5 Å². The van der Waals surface area contributed by atoms with E-state index in [9.17, 15) is 4.79 Å². The van der Waals surface area contributed by atoms with Gasteiger partial charge in [-0.1, -0.05) is 0 Å². The SMILES string of the molecule is CC(Cl)CC(C)NC(=O)C1CCCOC1. The molecule has 1 saturated heterocycles. The highest BCUT2D eigenvalue weighted by atomic mass is 35.5. The molecular formula is C11H20ClNO2. The van der Waals surface area contributed by atoms with E-state index in [1.54, 1.807) is 0 Å². The van der Waals surface area contributed by atoms with Crippen molar-refractivity contribution in [3.8, 4) is 0 Å². The van der Waals surface area contributed by atoms with Gasteiger partial charge < -0.3 is 10.1 Å². The van der Waals surface area contributed by atoms with Gasteiger partial charge in [0.2, 0.25) is 5.91 Å². The molecule has 3 atom stereocenters. The molecule has 1 aliphatic rings. The maximum absolute atomic E-state index is 11.8. The molecule has 0 radical (unpaired) electrons. The van der Waals surface area contributed by atoms with Gasteiger partial charge in [0.05, 0.1) is 12.5 Å². The van der Waals surface area contributed by atoms with Gasteiger partial charge >= 0.3 is 0 Å². The van der Waals surface area contributed by atoms with Crippen LogP contribution in [0.15, 0.2) is 0 Å². The summed E-state index contributed by atoms with van der Waals surface area (Å²) in [6.45, 7) is 5.28. The Morgan fingerprint density at radius 2 is 2.33 bits per heavy atom. The zero-order chi connectivity index (χ0) is 11.3. The molecular weight excluding hydrogens is 214 g/mol. The zero-order valence-electron chi connectivity index (χ0n) is 9.46. The third-order valence-corrected chi connectivity index (χ3v) is 2.78. The molecule has 1 amide bonds. The van der Waals surface area contributed by atoms with Crippen molar-refractivity contribution in [1.82, 2.24) is 5.32 Å². The van der Waals surface area contributed by atoms with E-state index in [1.807, 2.05) is 13.8 Å². The number of halogens is 1. The van der Waals surface area contributed by atoms with Crippen molar-refractivity contribution in [2.24, 2.45) is 5.92 Å². The molecule has 0 aromatic rings. The fourth-order valence-corrected chi connectivity index (χ4v) is 2.12. The van der Waals surface area contributed by atoms with E-state index in [0.29, 0.717) is 6.61 Å². The van der Waals surface area contributed by atoms with E-state index in [-0.39, 0.29) is 23.2 Å². The van der Waals surface area contributed by atoms with Gasteiger partial charge in [-0.05, 0) is 33.1 Å². The average Bonchev–Trinajstić information content (AvgIpc) is 2.17. The Morgan fingerprint density at radius 1 is 1.60 bits per heavy atom. The van der Waals surface area contributed by atoms with Crippen LogP contribution in [0.4, 0.5) is 0 Å². The number of ether oxygens (including phenoxy) is 1. The first-order chi connectivity index (χ1) is 7.09. The van der Waals surface area contributed by atoms with Gasteiger partial charge in [-0.2, -0.15) is 0 Å². The Hall–Kier alpha value is -0.280. The molecule has 0 bridgehead atoms. The van der Waals surface area contributed by atoms with Crippen molar-refractivity contribution in [1.29, 1.82) is 0 Å². The molecule has 1 fully saturated rings. The summed E-state index contributed by atoms with van der Waals surface area (Å²) < 4.78 is 5.28. The Balaban J connectivity index is 2.27. The molecule has 0 saturated carbocycles. The van der Waals surface area contributed by atoms with E-state index in [1.165, 1.54) is 0 Å². The molecule has 0 aromatic carbocycles. The second kappa shape index (κ2) is 6.33. The largest absolute Gasteiger partial charge is 0.381 e. The van der Waals surface area contributed by atoms with Crippen molar-refractivity contribution in [2.75, 3.05) is 13.2 Å². The monoisotopic (exact) mass is 233 g/mol. The highest BCUT2D eigenvalue weighted by Gasteiger charge is 2.22. The minimum absolute atomic E-state index is 0.0341. The summed E-state index contributed by atoms with van der Waals surface area (Å²) in [6, 6.07) is 0.145. The predicted octanol–water partition coefficient (Wildman–Crippen LogP) is 1.94. The number of carbonyl (C=O) groups is 1. The molecule has 1 rings (SSSR count). The second-order valence-corrected chi connectivity index (χ2v) is 5.09. The lowest BCUT2D eigenvalue weighted by atomic mass is 10.0.